The van der Waals surface area contributed by atoms with Crippen LogP contribution in [0.3, 0.4) is 0 Å². The second kappa shape index (κ2) is 9.61. The molecule has 1 atom stereocenters. The van der Waals surface area contributed by atoms with Crippen molar-refractivity contribution in [2.75, 3.05) is 18.8 Å². The second-order valence-corrected chi connectivity index (χ2v) is 8.15. The number of pyridine rings is 1. The number of aromatic hydroxyl groups is 1. The minimum Gasteiger partial charge on any atom is -0.507 e. The minimum absolute atomic E-state index is 0.0488. The molecule has 176 valence electrons. The molecule has 9 heteroatoms. The van der Waals surface area contributed by atoms with Crippen LogP contribution in [-0.2, 0) is 12.8 Å². The van der Waals surface area contributed by atoms with E-state index in [0.717, 1.165) is 37.1 Å². The predicted octanol–water partition coefficient (Wildman–Crippen LogP) is 4.97. The van der Waals surface area contributed by atoms with Gasteiger partial charge in [0.25, 0.3) is 0 Å². The molecule has 0 spiro atoms. The lowest BCUT2D eigenvalue weighted by Crippen LogP contribution is -2.29. The van der Waals surface area contributed by atoms with E-state index in [4.69, 9.17) is 10.5 Å². The summed E-state index contributed by atoms with van der Waals surface area (Å²) in [6, 6.07) is 13.4. The number of nitrogens with zero attached hydrogens (tertiary/aromatic N) is 2. The first-order valence-corrected chi connectivity index (χ1v) is 10.8. The highest BCUT2D eigenvalue weighted by Crippen LogP contribution is 2.40. The zero-order chi connectivity index (χ0) is 24.3. The van der Waals surface area contributed by atoms with Crippen LogP contribution in [0.15, 0.2) is 48.5 Å². The number of hydrogen-bond donors (Lipinski definition) is 3. The summed E-state index contributed by atoms with van der Waals surface area (Å²) in [7, 11) is 0. The topological polar surface area (TPSA) is 104 Å². The van der Waals surface area contributed by atoms with Gasteiger partial charge in [-0.05, 0) is 66.8 Å². The van der Waals surface area contributed by atoms with E-state index in [1.54, 1.807) is 18.2 Å². The summed E-state index contributed by atoms with van der Waals surface area (Å²) in [4.78, 5) is 4.34. The average Bonchev–Trinajstić information content (AvgIpc) is 2.82. The summed E-state index contributed by atoms with van der Waals surface area (Å²) in [6.07, 6.45) is -2.63. The molecule has 0 bridgehead atoms. The largest absolute Gasteiger partial charge is 0.507 e. The Morgan fingerprint density at radius 2 is 2.00 bits per heavy atom. The minimum atomic E-state index is -4.46. The molecule has 0 aliphatic carbocycles. The van der Waals surface area contributed by atoms with Crippen molar-refractivity contribution >= 4 is 5.82 Å². The van der Waals surface area contributed by atoms with Crippen LogP contribution in [0, 0.1) is 11.3 Å². The highest BCUT2D eigenvalue weighted by molar-refractivity contribution is 5.76. The number of nitrogens with one attached hydrogen (secondary N) is 1. The number of phenolic OH excluding ortho intramolecular Hbond substituents is 1. The number of halogens is 3. The third kappa shape index (κ3) is 4.92. The van der Waals surface area contributed by atoms with Gasteiger partial charge >= 0.3 is 6.18 Å². The third-order valence-electron chi connectivity index (χ3n) is 5.84. The zero-order valence-electron chi connectivity index (χ0n) is 18.2. The number of aromatic nitrogens is 1. The number of nitrogen functional groups attached to an aromatic ring is 1. The van der Waals surface area contributed by atoms with Crippen molar-refractivity contribution in [3.8, 4) is 28.8 Å². The van der Waals surface area contributed by atoms with Crippen LogP contribution in [0.2, 0.25) is 0 Å². The van der Waals surface area contributed by atoms with E-state index in [0.29, 0.717) is 23.4 Å². The Morgan fingerprint density at radius 3 is 2.71 bits per heavy atom. The fraction of sp³-hybridized carbons (Fsp3) is 0.280. The molecule has 2 aromatic carbocycles. The fourth-order valence-corrected chi connectivity index (χ4v) is 4.17. The summed E-state index contributed by atoms with van der Waals surface area (Å²) in [5.41, 5.74) is 7.31. The van der Waals surface area contributed by atoms with E-state index in [1.807, 2.05) is 0 Å². The van der Waals surface area contributed by atoms with E-state index in [-0.39, 0.29) is 35.4 Å². The van der Waals surface area contributed by atoms with Gasteiger partial charge in [-0.3, -0.25) is 0 Å². The number of hydrogen-bond acceptors (Lipinski definition) is 6. The maximum Gasteiger partial charge on any atom is 0.416 e. The Morgan fingerprint density at radius 1 is 1.21 bits per heavy atom. The number of benzene rings is 2. The van der Waals surface area contributed by atoms with Crippen LogP contribution >= 0.6 is 0 Å². The molecule has 1 unspecified atom stereocenters. The monoisotopic (exact) mass is 468 g/mol. The van der Waals surface area contributed by atoms with Gasteiger partial charge in [0.05, 0.1) is 22.4 Å². The number of nitriles is 1. The SMILES string of the molecule is N#Cc1c(C2CCCNC2)cc(-c2c(O)cccc2OCc2cccc(C(F)(F)F)c2)nc1N. The lowest BCUT2D eigenvalue weighted by Gasteiger charge is -2.25. The molecule has 1 fully saturated rings. The number of anilines is 1. The maximum absolute atomic E-state index is 13.0. The number of alkyl halides is 3. The van der Waals surface area contributed by atoms with Crippen LogP contribution in [0.5, 0.6) is 11.5 Å². The van der Waals surface area contributed by atoms with Gasteiger partial charge in [0.15, 0.2) is 0 Å². The first-order valence-electron chi connectivity index (χ1n) is 10.8. The predicted molar refractivity (Wildman–Crippen MR) is 121 cm³/mol. The number of rotatable bonds is 5. The summed E-state index contributed by atoms with van der Waals surface area (Å²) in [5.74, 6) is 0.230. The van der Waals surface area contributed by atoms with Crippen LogP contribution in [0.25, 0.3) is 11.3 Å². The fourth-order valence-electron chi connectivity index (χ4n) is 4.17. The highest BCUT2D eigenvalue weighted by atomic mass is 19.4. The van der Waals surface area contributed by atoms with E-state index < -0.39 is 11.7 Å². The lowest BCUT2D eigenvalue weighted by atomic mass is 9.88. The molecule has 4 N–H and O–H groups in total. The first kappa shape index (κ1) is 23.4. The average molecular weight is 468 g/mol. The Balaban J connectivity index is 1.70. The molecule has 1 saturated heterocycles. The summed E-state index contributed by atoms with van der Waals surface area (Å²) in [5, 5.41) is 23.6. The van der Waals surface area contributed by atoms with Gasteiger partial charge in [0.1, 0.15) is 30.0 Å². The zero-order valence-corrected chi connectivity index (χ0v) is 18.2. The summed E-state index contributed by atoms with van der Waals surface area (Å²) in [6.45, 7) is 1.45. The Labute approximate surface area is 194 Å². The molecule has 1 aliphatic rings. The van der Waals surface area contributed by atoms with E-state index in [1.165, 1.54) is 18.2 Å². The summed E-state index contributed by atoms with van der Waals surface area (Å²) < 4.78 is 44.9. The molecular formula is C25H23F3N4O2. The van der Waals surface area contributed by atoms with Crippen LogP contribution in [0.4, 0.5) is 19.0 Å². The van der Waals surface area contributed by atoms with Crippen LogP contribution < -0.4 is 15.8 Å². The number of nitrogens with two attached hydrogens (primary N) is 1. The number of piperidine rings is 1. The Kier molecular flexibility index (Phi) is 6.61. The molecule has 4 rings (SSSR count). The number of ether oxygens (including phenoxy) is 1. The summed E-state index contributed by atoms with van der Waals surface area (Å²) >= 11 is 0. The molecule has 6 nitrogen and oxygen atoms in total. The highest BCUT2D eigenvalue weighted by Gasteiger charge is 2.30. The molecule has 1 aromatic heterocycles. The van der Waals surface area contributed by atoms with Gasteiger partial charge < -0.3 is 20.9 Å². The number of phenols is 1. The third-order valence-corrected chi connectivity index (χ3v) is 5.84. The smallest absolute Gasteiger partial charge is 0.416 e. The van der Waals surface area contributed by atoms with E-state index in [2.05, 4.69) is 16.4 Å². The lowest BCUT2D eigenvalue weighted by molar-refractivity contribution is -0.137. The van der Waals surface area contributed by atoms with Gasteiger partial charge in [-0.1, -0.05) is 18.2 Å². The molecule has 1 aliphatic heterocycles. The quantitative estimate of drug-likeness (QED) is 0.488. The van der Waals surface area contributed by atoms with Crippen molar-refractivity contribution in [1.29, 1.82) is 5.26 Å². The van der Waals surface area contributed by atoms with Gasteiger partial charge in [-0.25, -0.2) is 4.98 Å². The van der Waals surface area contributed by atoms with E-state index >= 15 is 0 Å². The molecule has 2 heterocycles. The van der Waals surface area contributed by atoms with Crippen molar-refractivity contribution in [2.45, 2.75) is 31.5 Å². The van der Waals surface area contributed by atoms with Gasteiger partial charge in [-0.2, -0.15) is 18.4 Å². The normalized spacial score (nSPS) is 16.1. The van der Waals surface area contributed by atoms with Gasteiger partial charge in [0, 0.05) is 6.54 Å². The van der Waals surface area contributed by atoms with Crippen LogP contribution in [0.1, 0.15) is 41.0 Å². The molecule has 0 saturated carbocycles. The van der Waals surface area contributed by atoms with Gasteiger partial charge in [-0.15, -0.1) is 0 Å². The molecule has 34 heavy (non-hydrogen) atoms. The second-order valence-electron chi connectivity index (χ2n) is 8.15. The van der Waals surface area contributed by atoms with Crippen molar-refractivity contribution in [3.63, 3.8) is 0 Å². The van der Waals surface area contributed by atoms with Crippen molar-refractivity contribution in [1.82, 2.24) is 10.3 Å². The van der Waals surface area contributed by atoms with Crippen molar-refractivity contribution in [3.05, 3.63) is 70.8 Å². The van der Waals surface area contributed by atoms with Crippen molar-refractivity contribution < 1.29 is 23.0 Å². The molecule has 3 aromatic rings. The van der Waals surface area contributed by atoms with Crippen molar-refractivity contribution in [2.24, 2.45) is 0 Å². The molecular weight excluding hydrogens is 445 g/mol. The first-order chi connectivity index (χ1) is 16.3. The molecule has 0 radical (unpaired) electrons. The molecule has 0 amide bonds. The Hall–Kier alpha value is -3.77. The van der Waals surface area contributed by atoms with E-state index in [9.17, 15) is 23.5 Å². The van der Waals surface area contributed by atoms with Crippen LogP contribution in [-0.4, -0.2) is 23.2 Å². The van der Waals surface area contributed by atoms with Gasteiger partial charge in [0.2, 0.25) is 0 Å². The standard InChI is InChI=1S/C25H23F3N4O2/c26-25(27,28)17-6-1-4-15(10-17)14-34-22-8-2-7-21(33)23(22)20-11-18(16-5-3-9-31-13-16)19(12-29)24(30)32-20/h1-2,4,6-8,10-11,16,31,33H,3,5,9,13-14H2,(H2,30,32). The Bertz CT molecular complexity index is 1230. The maximum atomic E-state index is 13.0.